The molecule has 0 saturated carbocycles. The van der Waals surface area contributed by atoms with Gasteiger partial charge in [0.05, 0.1) is 0 Å². The molecule has 2 saturated heterocycles. The normalized spacial score (nSPS) is 32.1. The lowest BCUT2D eigenvalue weighted by Crippen LogP contribution is -2.46. The molecule has 2 heterocycles. The van der Waals surface area contributed by atoms with Gasteiger partial charge < -0.3 is 9.94 Å². The van der Waals surface area contributed by atoms with Crippen LogP contribution < -0.4 is 0 Å². The summed E-state index contributed by atoms with van der Waals surface area (Å²) < 4.78 is 0.920. The van der Waals surface area contributed by atoms with Crippen molar-refractivity contribution in [3.05, 3.63) is 0 Å². The third-order valence-corrected chi connectivity index (χ3v) is 3.04. The molecule has 0 aromatic carbocycles. The number of carbonyl (C=O) groups is 2. The van der Waals surface area contributed by atoms with Gasteiger partial charge in [0.25, 0.3) is 0 Å². The predicted molar refractivity (Wildman–Crippen MR) is 49.7 cm³/mol. The molecule has 2 aliphatic heterocycles. The summed E-state index contributed by atoms with van der Waals surface area (Å²) in [5.74, 6) is -1.01. The van der Waals surface area contributed by atoms with Gasteiger partial charge >= 0.3 is 12.1 Å². The van der Waals surface area contributed by atoms with Crippen molar-refractivity contribution in [2.45, 2.75) is 37.9 Å². The summed E-state index contributed by atoms with van der Waals surface area (Å²) in [6.45, 7) is 0. The zero-order valence-corrected chi connectivity index (χ0v) is 8.68. The molecule has 1 amide bonds. The summed E-state index contributed by atoms with van der Waals surface area (Å²) in [7, 11) is 0. The topological polar surface area (TPSA) is 70.1 Å². The lowest BCUT2D eigenvalue weighted by Gasteiger charge is -2.24. The molecule has 84 valence electrons. The van der Waals surface area contributed by atoms with Gasteiger partial charge in [0.1, 0.15) is 12.2 Å². The summed E-state index contributed by atoms with van der Waals surface area (Å²) >= 11 is 5.68. The monoisotopic (exact) mass is 234 g/mol. The SMILES string of the molecule is O=C(O)C1CCCCC2N(Cl)OC(=O)N12. The number of rotatable bonds is 1. The fourth-order valence-corrected chi connectivity index (χ4v) is 2.27. The highest BCUT2D eigenvalue weighted by atomic mass is 35.5. The third-order valence-electron chi connectivity index (χ3n) is 2.74. The average molecular weight is 235 g/mol. The number of fused-ring (bicyclic) bond motifs is 1. The molecule has 0 aromatic rings. The van der Waals surface area contributed by atoms with Crippen molar-refractivity contribution in [3.63, 3.8) is 0 Å². The van der Waals surface area contributed by atoms with Crippen LogP contribution in [0.25, 0.3) is 0 Å². The Morgan fingerprint density at radius 3 is 2.80 bits per heavy atom. The highest BCUT2D eigenvalue weighted by molar-refractivity contribution is 6.13. The van der Waals surface area contributed by atoms with Crippen LogP contribution in [0.2, 0.25) is 0 Å². The Morgan fingerprint density at radius 2 is 2.13 bits per heavy atom. The molecular weight excluding hydrogens is 224 g/mol. The van der Waals surface area contributed by atoms with E-state index in [4.69, 9.17) is 16.9 Å². The Labute approximate surface area is 91.4 Å². The van der Waals surface area contributed by atoms with Crippen LogP contribution >= 0.6 is 11.8 Å². The summed E-state index contributed by atoms with van der Waals surface area (Å²) in [5.41, 5.74) is 0. The number of aliphatic carboxylic acids is 1. The van der Waals surface area contributed by atoms with Crippen LogP contribution in [0.5, 0.6) is 0 Å². The minimum absolute atomic E-state index is 0.450. The van der Waals surface area contributed by atoms with E-state index in [1.54, 1.807) is 0 Å². The van der Waals surface area contributed by atoms with Crippen molar-refractivity contribution < 1.29 is 19.5 Å². The molecule has 2 rings (SSSR count). The van der Waals surface area contributed by atoms with Crippen LogP contribution in [-0.2, 0) is 9.63 Å². The van der Waals surface area contributed by atoms with Gasteiger partial charge in [0.15, 0.2) is 0 Å². The van der Waals surface area contributed by atoms with Gasteiger partial charge in [0, 0.05) is 11.8 Å². The molecule has 7 heteroatoms. The molecule has 0 bridgehead atoms. The number of hydrogen-bond acceptors (Lipinski definition) is 4. The van der Waals surface area contributed by atoms with Crippen LogP contribution in [0.15, 0.2) is 0 Å². The van der Waals surface area contributed by atoms with E-state index in [0.29, 0.717) is 12.8 Å². The molecule has 0 radical (unpaired) electrons. The van der Waals surface area contributed by atoms with Gasteiger partial charge in [-0.15, -0.1) is 0 Å². The largest absolute Gasteiger partial charge is 0.480 e. The quantitative estimate of drug-likeness (QED) is 0.690. The van der Waals surface area contributed by atoms with Gasteiger partial charge in [-0.1, -0.05) is 6.42 Å². The first-order valence-electron chi connectivity index (χ1n) is 4.79. The Balaban J connectivity index is 2.26. The van der Waals surface area contributed by atoms with Crippen molar-refractivity contribution in [1.82, 2.24) is 9.48 Å². The predicted octanol–water partition coefficient (Wildman–Crippen LogP) is 1.16. The number of carboxylic acids is 1. The number of halogens is 1. The Morgan fingerprint density at radius 1 is 1.47 bits per heavy atom. The first kappa shape index (κ1) is 10.5. The van der Waals surface area contributed by atoms with Gasteiger partial charge in [-0.3, -0.25) is 4.90 Å². The van der Waals surface area contributed by atoms with Crippen LogP contribution in [0.1, 0.15) is 25.7 Å². The Kier molecular flexibility index (Phi) is 2.70. The fourth-order valence-electron chi connectivity index (χ4n) is 2.02. The highest BCUT2D eigenvalue weighted by Crippen LogP contribution is 2.31. The molecule has 1 N–H and O–H groups in total. The molecule has 15 heavy (non-hydrogen) atoms. The smallest absolute Gasteiger partial charge is 0.432 e. The van der Waals surface area contributed by atoms with E-state index in [1.165, 1.54) is 4.90 Å². The summed E-state index contributed by atoms with van der Waals surface area (Å²) in [4.78, 5) is 28.3. The summed E-state index contributed by atoms with van der Waals surface area (Å²) in [6, 6.07) is -0.825. The maximum absolute atomic E-state index is 11.4. The third kappa shape index (κ3) is 1.74. The van der Waals surface area contributed by atoms with Crippen molar-refractivity contribution in [1.29, 1.82) is 0 Å². The van der Waals surface area contributed by atoms with Gasteiger partial charge in [-0.05, 0) is 23.8 Å². The second-order valence-electron chi connectivity index (χ2n) is 3.66. The molecule has 2 fully saturated rings. The maximum Gasteiger partial charge on any atom is 0.432 e. The second kappa shape index (κ2) is 3.86. The van der Waals surface area contributed by atoms with Crippen LogP contribution in [0.4, 0.5) is 4.79 Å². The zero-order valence-electron chi connectivity index (χ0n) is 7.93. The van der Waals surface area contributed by atoms with E-state index >= 15 is 0 Å². The first-order chi connectivity index (χ1) is 7.11. The van der Waals surface area contributed by atoms with Crippen LogP contribution in [0, 0.1) is 0 Å². The molecule has 0 spiro atoms. The summed E-state index contributed by atoms with van der Waals surface area (Å²) in [5, 5.41) is 9.00. The molecular formula is C8H11ClN2O4. The number of nitrogens with zero attached hydrogens (tertiary/aromatic N) is 2. The lowest BCUT2D eigenvalue weighted by atomic mass is 10.1. The molecule has 0 aliphatic carbocycles. The number of amides is 1. The first-order valence-corrected chi connectivity index (χ1v) is 5.13. The van der Waals surface area contributed by atoms with E-state index in [2.05, 4.69) is 4.84 Å². The lowest BCUT2D eigenvalue weighted by molar-refractivity contribution is -0.143. The fraction of sp³-hybridized carbons (Fsp3) is 0.750. The van der Waals surface area contributed by atoms with Crippen molar-refractivity contribution in [3.8, 4) is 0 Å². The minimum atomic E-state index is -1.01. The van der Waals surface area contributed by atoms with E-state index in [9.17, 15) is 9.59 Å². The number of carbonyl (C=O) groups excluding carboxylic acids is 1. The average Bonchev–Trinajstić information content (AvgIpc) is 2.40. The number of hydroxylamine groups is 1. The molecule has 0 aromatic heterocycles. The van der Waals surface area contributed by atoms with Crippen molar-refractivity contribution in [2.24, 2.45) is 0 Å². The van der Waals surface area contributed by atoms with Gasteiger partial charge in [-0.25, -0.2) is 9.59 Å². The molecule has 2 aliphatic rings. The Hall–Kier alpha value is -1.01. The molecule has 2 atom stereocenters. The van der Waals surface area contributed by atoms with Gasteiger partial charge in [-0.2, -0.15) is 0 Å². The van der Waals surface area contributed by atoms with E-state index in [1.807, 2.05) is 0 Å². The standard InChI is InChI=1S/C8H11ClN2O4/c9-11-6-4-2-1-3-5(7(12)13)10(6)8(14)15-11/h5-6H,1-4H2,(H,12,13). The van der Waals surface area contributed by atoms with Crippen LogP contribution in [-0.4, -0.2) is 38.9 Å². The van der Waals surface area contributed by atoms with Crippen molar-refractivity contribution in [2.75, 3.05) is 0 Å². The Bertz CT molecular complexity index is 298. The highest BCUT2D eigenvalue weighted by Gasteiger charge is 2.47. The minimum Gasteiger partial charge on any atom is -0.480 e. The van der Waals surface area contributed by atoms with E-state index in [0.717, 1.165) is 17.4 Å². The van der Waals surface area contributed by atoms with E-state index in [-0.39, 0.29) is 0 Å². The second-order valence-corrected chi connectivity index (χ2v) is 3.99. The summed E-state index contributed by atoms with van der Waals surface area (Å²) in [6.07, 6.45) is 1.57. The van der Waals surface area contributed by atoms with E-state index < -0.39 is 24.3 Å². The van der Waals surface area contributed by atoms with Gasteiger partial charge in [0.2, 0.25) is 0 Å². The molecule has 2 unspecified atom stereocenters. The number of hydrogen-bond donors (Lipinski definition) is 1. The van der Waals surface area contributed by atoms with Crippen molar-refractivity contribution >= 4 is 23.8 Å². The maximum atomic E-state index is 11.4. The van der Waals surface area contributed by atoms with Crippen LogP contribution in [0.3, 0.4) is 0 Å². The molecule has 6 nitrogen and oxygen atoms in total. The zero-order chi connectivity index (χ0) is 11.0. The number of carboxylic acid groups (broad SMARTS) is 1.